The predicted molar refractivity (Wildman–Crippen MR) is 83.8 cm³/mol. The molecule has 0 rings (SSSR count). The second-order valence-corrected chi connectivity index (χ2v) is 3.98. The minimum atomic E-state index is 0. The van der Waals surface area contributed by atoms with Gasteiger partial charge in [-0.15, -0.1) is 30.6 Å². The van der Waals surface area contributed by atoms with Gasteiger partial charge in [0.25, 0.3) is 0 Å². The largest absolute Gasteiger partial charge is 0.349 e. The highest BCUT2D eigenvalue weighted by Gasteiger charge is 2.06. The summed E-state index contributed by atoms with van der Waals surface area (Å²) in [6.07, 6.45) is 6.85. The van der Waals surface area contributed by atoms with Crippen LogP contribution < -0.4 is 0 Å². The van der Waals surface area contributed by atoms with Crippen molar-refractivity contribution in [2.24, 2.45) is 4.99 Å². The maximum absolute atomic E-state index is 4.25. The molecular formula is C12H26IN3. The fraction of sp³-hybridized carbons (Fsp3) is 0.750. The number of hydrogen-bond acceptors (Lipinski definition) is 1. The summed E-state index contributed by atoms with van der Waals surface area (Å²) in [4.78, 5) is 8.50. The van der Waals surface area contributed by atoms with Crippen molar-refractivity contribution in [1.82, 2.24) is 9.80 Å². The summed E-state index contributed by atoms with van der Waals surface area (Å²) >= 11 is 0. The third kappa shape index (κ3) is 7.96. The first kappa shape index (κ1) is 18.1. The first-order valence-electron chi connectivity index (χ1n) is 5.59. The van der Waals surface area contributed by atoms with Gasteiger partial charge in [0.1, 0.15) is 0 Å². The molecule has 0 fully saturated rings. The maximum atomic E-state index is 4.25. The van der Waals surface area contributed by atoms with E-state index in [-0.39, 0.29) is 24.0 Å². The predicted octanol–water partition coefficient (Wildman–Crippen LogP) is 2.83. The van der Waals surface area contributed by atoms with Crippen LogP contribution in [-0.4, -0.2) is 50.5 Å². The standard InChI is InChI=1S/C12H25N3.HI/c1-6-7-8-9-10-11-15(5)12(13-2)14(3)4;/h6H,1,7-11H2,2-5H3;1H. The van der Waals surface area contributed by atoms with Crippen molar-refractivity contribution in [1.29, 1.82) is 0 Å². The lowest BCUT2D eigenvalue weighted by atomic mass is 10.2. The number of nitrogens with zero attached hydrogens (tertiary/aromatic N) is 3. The highest BCUT2D eigenvalue weighted by Crippen LogP contribution is 2.02. The van der Waals surface area contributed by atoms with Crippen LogP contribution in [-0.2, 0) is 0 Å². The number of aliphatic imine (C=N–C) groups is 1. The van der Waals surface area contributed by atoms with E-state index in [2.05, 4.69) is 23.5 Å². The second-order valence-electron chi connectivity index (χ2n) is 3.98. The Labute approximate surface area is 118 Å². The minimum absolute atomic E-state index is 0. The van der Waals surface area contributed by atoms with Gasteiger partial charge in [-0.1, -0.05) is 12.5 Å². The minimum Gasteiger partial charge on any atom is -0.349 e. The van der Waals surface area contributed by atoms with Crippen LogP contribution in [0.2, 0.25) is 0 Å². The monoisotopic (exact) mass is 339 g/mol. The first-order valence-corrected chi connectivity index (χ1v) is 5.59. The zero-order chi connectivity index (χ0) is 11.7. The summed E-state index contributed by atoms with van der Waals surface area (Å²) in [5.41, 5.74) is 0. The number of rotatable bonds is 6. The fourth-order valence-corrected chi connectivity index (χ4v) is 1.63. The van der Waals surface area contributed by atoms with Gasteiger partial charge in [0.2, 0.25) is 0 Å². The van der Waals surface area contributed by atoms with Crippen LogP contribution >= 0.6 is 24.0 Å². The van der Waals surface area contributed by atoms with Gasteiger partial charge in [0.15, 0.2) is 5.96 Å². The number of allylic oxidation sites excluding steroid dienone is 1. The molecule has 0 spiro atoms. The van der Waals surface area contributed by atoms with Crippen molar-refractivity contribution in [2.45, 2.75) is 25.7 Å². The molecule has 3 nitrogen and oxygen atoms in total. The van der Waals surface area contributed by atoms with Gasteiger partial charge >= 0.3 is 0 Å². The summed E-state index contributed by atoms with van der Waals surface area (Å²) in [5.74, 6) is 1.04. The Morgan fingerprint density at radius 3 is 2.25 bits per heavy atom. The topological polar surface area (TPSA) is 18.8 Å². The summed E-state index contributed by atoms with van der Waals surface area (Å²) in [5, 5.41) is 0. The molecule has 0 aliphatic carbocycles. The van der Waals surface area contributed by atoms with Crippen molar-refractivity contribution >= 4 is 29.9 Å². The van der Waals surface area contributed by atoms with Gasteiger partial charge in [-0.3, -0.25) is 4.99 Å². The smallest absolute Gasteiger partial charge is 0.195 e. The molecule has 0 amide bonds. The molecule has 0 radical (unpaired) electrons. The lowest BCUT2D eigenvalue weighted by Crippen LogP contribution is -2.38. The normalized spacial score (nSPS) is 10.6. The van der Waals surface area contributed by atoms with Crippen molar-refractivity contribution in [3.8, 4) is 0 Å². The highest BCUT2D eigenvalue weighted by atomic mass is 127. The molecule has 0 saturated carbocycles. The van der Waals surface area contributed by atoms with Crippen molar-refractivity contribution in [2.75, 3.05) is 34.7 Å². The van der Waals surface area contributed by atoms with E-state index in [1.54, 1.807) is 0 Å². The van der Waals surface area contributed by atoms with Crippen LogP contribution in [0.15, 0.2) is 17.6 Å². The van der Waals surface area contributed by atoms with E-state index < -0.39 is 0 Å². The number of hydrogen-bond donors (Lipinski definition) is 0. The molecule has 0 aromatic carbocycles. The van der Waals surface area contributed by atoms with Crippen molar-refractivity contribution in [3.05, 3.63) is 12.7 Å². The maximum Gasteiger partial charge on any atom is 0.195 e. The van der Waals surface area contributed by atoms with Gasteiger partial charge < -0.3 is 9.80 Å². The molecule has 0 heterocycles. The molecule has 0 N–H and O–H groups in total. The van der Waals surface area contributed by atoms with E-state index in [0.717, 1.165) is 18.9 Å². The lowest BCUT2D eigenvalue weighted by Gasteiger charge is -2.26. The molecule has 0 aliphatic heterocycles. The van der Waals surface area contributed by atoms with E-state index in [0.29, 0.717) is 0 Å². The Hall–Kier alpha value is -0.260. The van der Waals surface area contributed by atoms with Crippen LogP contribution in [0.1, 0.15) is 25.7 Å². The van der Waals surface area contributed by atoms with Crippen LogP contribution in [0.3, 0.4) is 0 Å². The Morgan fingerprint density at radius 1 is 1.19 bits per heavy atom. The zero-order valence-corrected chi connectivity index (χ0v) is 13.4. The van der Waals surface area contributed by atoms with Gasteiger partial charge in [-0.2, -0.15) is 0 Å². The van der Waals surface area contributed by atoms with Crippen molar-refractivity contribution in [3.63, 3.8) is 0 Å². The zero-order valence-electron chi connectivity index (χ0n) is 11.1. The second kappa shape index (κ2) is 11.2. The van der Waals surface area contributed by atoms with Crippen molar-refractivity contribution < 1.29 is 0 Å². The summed E-state index contributed by atoms with van der Waals surface area (Å²) in [6.45, 7) is 4.79. The molecule has 4 heteroatoms. The third-order valence-corrected chi connectivity index (χ3v) is 2.34. The molecule has 16 heavy (non-hydrogen) atoms. The Morgan fingerprint density at radius 2 is 1.81 bits per heavy atom. The van der Waals surface area contributed by atoms with E-state index in [1.165, 1.54) is 19.3 Å². The van der Waals surface area contributed by atoms with Gasteiger partial charge in [0, 0.05) is 34.7 Å². The average molecular weight is 339 g/mol. The SMILES string of the molecule is C=CCCCCCN(C)C(=NC)N(C)C.I. The van der Waals surface area contributed by atoms with Gasteiger partial charge in [-0.05, 0) is 19.3 Å². The molecule has 0 aliphatic rings. The Balaban J connectivity index is 0. The average Bonchev–Trinajstić information content (AvgIpc) is 2.18. The van der Waals surface area contributed by atoms with Crippen LogP contribution in [0.25, 0.3) is 0 Å². The molecule has 0 atom stereocenters. The van der Waals surface area contributed by atoms with E-state index in [4.69, 9.17) is 0 Å². The molecular weight excluding hydrogens is 313 g/mol. The Kier molecular flexibility index (Phi) is 12.7. The molecule has 0 unspecified atom stereocenters. The third-order valence-electron chi connectivity index (χ3n) is 2.34. The number of guanidine groups is 1. The number of unbranched alkanes of at least 4 members (excludes halogenated alkanes) is 3. The molecule has 0 aromatic heterocycles. The van der Waals surface area contributed by atoms with Crippen LogP contribution in [0.4, 0.5) is 0 Å². The molecule has 0 bridgehead atoms. The quantitative estimate of drug-likeness (QED) is 0.244. The molecule has 0 saturated heterocycles. The number of halogens is 1. The summed E-state index contributed by atoms with van der Waals surface area (Å²) in [7, 11) is 7.98. The lowest BCUT2D eigenvalue weighted by molar-refractivity contribution is 0.409. The molecule has 96 valence electrons. The van der Waals surface area contributed by atoms with Gasteiger partial charge in [-0.25, -0.2) is 0 Å². The Bertz CT molecular complexity index is 202. The summed E-state index contributed by atoms with van der Waals surface area (Å²) < 4.78 is 0. The fourth-order valence-electron chi connectivity index (χ4n) is 1.63. The van der Waals surface area contributed by atoms with E-state index in [9.17, 15) is 0 Å². The van der Waals surface area contributed by atoms with E-state index in [1.807, 2.05) is 32.1 Å². The van der Waals surface area contributed by atoms with Crippen LogP contribution in [0.5, 0.6) is 0 Å². The van der Waals surface area contributed by atoms with Crippen LogP contribution in [0, 0.1) is 0 Å². The summed E-state index contributed by atoms with van der Waals surface area (Å²) in [6, 6.07) is 0. The first-order chi connectivity index (χ1) is 7.13. The highest BCUT2D eigenvalue weighted by molar-refractivity contribution is 14.0. The molecule has 0 aromatic rings. The van der Waals surface area contributed by atoms with E-state index >= 15 is 0 Å². The van der Waals surface area contributed by atoms with Gasteiger partial charge in [0.05, 0.1) is 0 Å².